The van der Waals surface area contributed by atoms with Crippen LogP contribution < -0.4 is 0 Å². The van der Waals surface area contributed by atoms with Gasteiger partial charge in [-0.2, -0.15) is 0 Å². The third kappa shape index (κ3) is 3.80. The van der Waals surface area contributed by atoms with Crippen molar-refractivity contribution in [2.75, 3.05) is 19.6 Å². The van der Waals surface area contributed by atoms with Crippen molar-refractivity contribution in [3.8, 4) is 0 Å². The second kappa shape index (κ2) is 6.68. The fraction of sp³-hybridized carbons (Fsp3) is 0.647. The molecule has 1 aromatic carbocycles. The summed E-state index contributed by atoms with van der Waals surface area (Å²) in [5.41, 5.74) is 0.415. The molecule has 1 heterocycles. The zero-order chi connectivity index (χ0) is 14.7. The molecule has 1 saturated heterocycles. The standard InChI is InChI=1S/C17H26FNO/c1-12-8-13(2)10-19(9-12)11-14(3)17(20)15-6-4-5-7-16(15)18/h4-7,12-14,17,20H,8-11H2,1-3H3. The lowest BCUT2D eigenvalue weighted by molar-refractivity contribution is 0.0603. The number of likely N-dealkylation sites (tertiary alicyclic amines) is 1. The van der Waals surface area contributed by atoms with Crippen LogP contribution in [-0.2, 0) is 0 Å². The number of rotatable bonds is 4. The molecule has 0 bridgehead atoms. The van der Waals surface area contributed by atoms with E-state index in [0.29, 0.717) is 17.4 Å². The summed E-state index contributed by atoms with van der Waals surface area (Å²) in [6.07, 6.45) is 0.546. The second-order valence-corrected chi connectivity index (χ2v) is 6.61. The fourth-order valence-electron chi connectivity index (χ4n) is 3.47. The molecule has 20 heavy (non-hydrogen) atoms. The Kier molecular flexibility index (Phi) is 5.17. The summed E-state index contributed by atoms with van der Waals surface area (Å²) >= 11 is 0. The summed E-state index contributed by atoms with van der Waals surface area (Å²) in [5, 5.41) is 10.4. The first kappa shape index (κ1) is 15.5. The number of hydrogen-bond donors (Lipinski definition) is 1. The Hall–Kier alpha value is -0.930. The summed E-state index contributed by atoms with van der Waals surface area (Å²) in [6.45, 7) is 9.55. The van der Waals surface area contributed by atoms with Gasteiger partial charge in [0.05, 0.1) is 6.10 Å². The van der Waals surface area contributed by atoms with E-state index >= 15 is 0 Å². The van der Waals surface area contributed by atoms with Gasteiger partial charge in [-0.15, -0.1) is 0 Å². The maximum Gasteiger partial charge on any atom is 0.129 e. The van der Waals surface area contributed by atoms with Crippen LogP contribution in [0.25, 0.3) is 0 Å². The number of nitrogens with zero attached hydrogens (tertiary/aromatic N) is 1. The van der Waals surface area contributed by atoms with Crippen LogP contribution >= 0.6 is 0 Å². The van der Waals surface area contributed by atoms with E-state index in [1.54, 1.807) is 18.2 Å². The number of hydrogen-bond acceptors (Lipinski definition) is 2. The largest absolute Gasteiger partial charge is 0.388 e. The first-order chi connectivity index (χ1) is 9.47. The summed E-state index contributed by atoms with van der Waals surface area (Å²) in [5.74, 6) is 1.13. The minimum atomic E-state index is -0.733. The molecule has 0 saturated carbocycles. The quantitative estimate of drug-likeness (QED) is 0.912. The van der Waals surface area contributed by atoms with E-state index in [1.807, 2.05) is 6.92 Å². The smallest absolute Gasteiger partial charge is 0.129 e. The van der Waals surface area contributed by atoms with E-state index in [0.717, 1.165) is 19.6 Å². The van der Waals surface area contributed by atoms with Gasteiger partial charge in [0.15, 0.2) is 0 Å². The Morgan fingerprint density at radius 3 is 2.45 bits per heavy atom. The third-order valence-electron chi connectivity index (χ3n) is 4.25. The van der Waals surface area contributed by atoms with Crippen LogP contribution in [-0.4, -0.2) is 29.6 Å². The summed E-state index contributed by atoms with van der Waals surface area (Å²) in [4.78, 5) is 2.41. The highest BCUT2D eigenvalue weighted by atomic mass is 19.1. The highest BCUT2D eigenvalue weighted by Gasteiger charge is 2.26. The first-order valence-electron chi connectivity index (χ1n) is 7.62. The molecule has 4 atom stereocenters. The van der Waals surface area contributed by atoms with Crippen molar-refractivity contribution in [2.24, 2.45) is 17.8 Å². The maximum absolute atomic E-state index is 13.7. The molecule has 3 heteroatoms. The average molecular weight is 279 g/mol. The molecule has 2 rings (SSSR count). The van der Waals surface area contributed by atoms with E-state index in [2.05, 4.69) is 18.7 Å². The van der Waals surface area contributed by atoms with Crippen LogP contribution in [0.15, 0.2) is 24.3 Å². The zero-order valence-electron chi connectivity index (χ0n) is 12.7. The molecule has 1 aliphatic heterocycles. The van der Waals surface area contributed by atoms with Gasteiger partial charge in [0.1, 0.15) is 5.82 Å². The minimum Gasteiger partial charge on any atom is -0.388 e. The van der Waals surface area contributed by atoms with E-state index < -0.39 is 6.10 Å². The molecule has 1 fully saturated rings. The van der Waals surface area contributed by atoms with Crippen LogP contribution in [0.2, 0.25) is 0 Å². The van der Waals surface area contributed by atoms with E-state index in [-0.39, 0.29) is 11.7 Å². The average Bonchev–Trinajstić information content (AvgIpc) is 2.37. The number of aliphatic hydroxyl groups is 1. The van der Waals surface area contributed by atoms with Gasteiger partial charge >= 0.3 is 0 Å². The number of benzene rings is 1. The lowest BCUT2D eigenvalue weighted by Gasteiger charge is -2.37. The van der Waals surface area contributed by atoms with Crippen LogP contribution in [0.3, 0.4) is 0 Å². The lowest BCUT2D eigenvalue weighted by atomic mass is 9.90. The van der Waals surface area contributed by atoms with E-state index in [9.17, 15) is 9.50 Å². The summed E-state index contributed by atoms with van der Waals surface area (Å²) in [6, 6.07) is 6.53. The fourth-order valence-corrected chi connectivity index (χ4v) is 3.47. The van der Waals surface area contributed by atoms with E-state index in [1.165, 1.54) is 12.5 Å². The van der Waals surface area contributed by atoms with Crippen molar-refractivity contribution in [3.63, 3.8) is 0 Å². The highest BCUT2D eigenvalue weighted by molar-refractivity contribution is 5.20. The molecule has 0 aromatic heterocycles. The Morgan fingerprint density at radius 2 is 1.85 bits per heavy atom. The van der Waals surface area contributed by atoms with Gasteiger partial charge in [0.25, 0.3) is 0 Å². The molecule has 4 unspecified atom stereocenters. The Labute approximate surface area is 121 Å². The molecule has 2 nitrogen and oxygen atoms in total. The van der Waals surface area contributed by atoms with Crippen molar-refractivity contribution >= 4 is 0 Å². The molecule has 0 aliphatic carbocycles. The van der Waals surface area contributed by atoms with Crippen molar-refractivity contribution < 1.29 is 9.50 Å². The zero-order valence-corrected chi connectivity index (χ0v) is 12.7. The lowest BCUT2D eigenvalue weighted by Crippen LogP contribution is -2.41. The molecule has 0 radical (unpaired) electrons. The van der Waals surface area contributed by atoms with Gasteiger partial charge in [-0.3, -0.25) is 0 Å². The van der Waals surface area contributed by atoms with Crippen LogP contribution in [0.5, 0.6) is 0 Å². The SMILES string of the molecule is CC1CC(C)CN(CC(C)C(O)c2ccccc2F)C1. The molecule has 1 aliphatic rings. The monoisotopic (exact) mass is 279 g/mol. The number of halogens is 1. The maximum atomic E-state index is 13.7. The Bertz CT molecular complexity index is 427. The number of piperidine rings is 1. The first-order valence-corrected chi connectivity index (χ1v) is 7.62. The van der Waals surface area contributed by atoms with Crippen LogP contribution in [0.4, 0.5) is 4.39 Å². The van der Waals surface area contributed by atoms with Gasteiger partial charge in [-0.25, -0.2) is 4.39 Å². The molecule has 0 amide bonds. The predicted molar refractivity (Wildman–Crippen MR) is 79.9 cm³/mol. The van der Waals surface area contributed by atoms with Crippen LogP contribution in [0, 0.1) is 23.6 Å². The van der Waals surface area contributed by atoms with Crippen molar-refractivity contribution in [1.29, 1.82) is 0 Å². The van der Waals surface area contributed by atoms with Gasteiger partial charge in [-0.05, 0) is 30.2 Å². The Morgan fingerprint density at radius 1 is 1.25 bits per heavy atom. The second-order valence-electron chi connectivity index (χ2n) is 6.61. The molecule has 1 aromatic rings. The van der Waals surface area contributed by atoms with Crippen LogP contribution in [0.1, 0.15) is 38.9 Å². The molecule has 1 N–H and O–H groups in total. The summed E-state index contributed by atoms with van der Waals surface area (Å²) < 4.78 is 13.7. The van der Waals surface area contributed by atoms with Gasteiger partial charge in [0.2, 0.25) is 0 Å². The normalized spacial score (nSPS) is 27.2. The van der Waals surface area contributed by atoms with Crippen molar-refractivity contribution in [1.82, 2.24) is 4.90 Å². The third-order valence-corrected chi connectivity index (χ3v) is 4.25. The molecular weight excluding hydrogens is 253 g/mol. The van der Waals surface area contributed by atoms with E-state index in [4.69, 9.17) is 0 Å². The Balaban J connectivity index is 1.97. The molecule has 0 spiro atoms. The summed E-state index contributed by atoms with van der Waals surface area (Å²) in [7, 11) is 0. The van der Waals surface area contributed by atoms with Gasteiger partial charge in [-0.1, -0.05) is 39.0 Å². The van der Waals surface area contributed by atoms with Crippen molar-refractivity contribution in [3.05, 3.63) is 35.6 Å². The number of aliphatic hydroxyl groups excluding tert-OH is 1. The minimum absolute atomic E-state index is 0.0319. The molecule has 112 valence electrons. The van der Waals surface area contributed by atoms with Gasteiger partial charge < -0.3 is 10.0 Å². The topological polar surface area (TPSA) is 23.5 Å². The van der Waals surface area contributed by atoms with Gasteiger partial charge in [0, 0.05) is 25.2 Å². The van der Waals surface area contributed by atoms with Crippen molar-refractivity contribution in [2.45, 2.75) is 33.3 Å². The highest BCUT2D eigenvalue weighted by Crippen LogP contribution is 2.27. The molecular formula is C17H26FNO. The predicted octanol–water partition coefficient (Wildman–Crippen LogP) is 3.47.